The largest absolute Gasteiger partial charge is 0.484 e. The van der Waals surface area contributed by atoms with Gasteiger partial charge in [-0.25, -0.2) is 0 Å². The fraction of sp³-hybridized carbons (Fsp3) is 0.286. The number of nitriles is 1. The highest BCUT2D eigenvalue weighted by molar-refractivity contribution is 7.99. The molecule has 0 aromatic heterocycles. The Morgan fingerprint density at radius 2 is 1.96 bits per heavy atom. The van der Waals surface area contributed by atoms with Crippen molar-refractivity contribution in [3.05, 3.63) is 59.2 Å². The number of rotatable bonds is 5. The van der Waals surface area contributed by atoms with Gasteiger partial charge in [0.1, 0.15) is 11.8 Å². The molecule has 3 rings (SSSR count). The number of hydrogen-bond acceptors (Lipinski definition) is 5. The van der Waals surface area contributed by atoms with Gasteiger partial charge >= 0.3 is 0 Å². The molecular weight excluding hydrogens is 374 g/mol. The molecule has 1 aliphatic rings. The van der Waals surface area contributed by atoms with Crippen LogP contribution in [0.25, 0.3) is 0 Å². The normalized spacial score (nSPS) is 15.8. The summed E-state index contributed by atoms with van der Waals surface area (Å²) in [6.07, 6.45) is 0. The zero-order valence-electron chi connectivity index (χ0n) is 15.8. The molecule has 1 heterocycles. The molecule has 2 amide bonds. The van der Waals surface area contributed by atoms with Crippen molar-refractivity contribution in [3.63, 3.8) is 0 Å². The molecule has 2 aromatic carbocycles. The molecular formula is C21H21N3O3S. The number of nitrogens with zero attached hydrogens (tertiary/aromatic N) is 2. The zero-order valence-corrected chi connectivity index (χ0v) is 16.6. The van der Waals surface area contributed by atoms with E-state index >= 15 is 0 Å². The molecule has 6 nitrogen and oxygen atoms in total. The third-order valence-corrected chi connectivity index (χ3v) is 5.64. The van der Waals surface area contributed by atoms with Gasteiger partial charge < -0.3 is 15.0 Å². The second kappa shape index (κ2) is 8.81. The maximum Gasteiger partial charge on any atom is 0.261 e. The van der Waals surface area contributed by atoms with E-state index in [1.54, 1.807) is 29.2 Å². The van der Waals surface area contributed by atoms with Gasteiger partial charge in [-0.15, -0.1) is 11.8 Å². The van der Waals surface area contributed by atoms with E-state index in [9.17, 15) is 9.59 Å². The van der Waals surface area contributed by atoms with Gasteiger partial charge in [-0.3, -0.25) is 9.59 Å². The second-order valence-corrected chi connectivity index (χ2v) is 7.59. The summed E-state index contributed by atoms with van der Waals surface area (Å²) in [6, 6.07) is 13.8. The van der Waals surface area contributed by atoms with Crippen LogP contribution in [-0.2, 0) is 9.59 Å². The minimum absolute atomic E-state index is 0.107. The molecule has 144 valence electrons. The molecule has 0 aliphatic carbocycles. The minimum Gasteiger partial charge on any atom is -0.484 e. The standard InChI is InChI=1S/C21H21N3O3S/c1-14-3-8-18(9-15(14)2)27-11-20(25)24-13-28-12-19(24)21(26)23-17-6-4-16(10-22)5-7-17/h3-9,19H,11-13H2,1-2H3,(H,23,26). The van der Waals surface area contributed by atoms with E-state index in [1.807, 2.05) is 38.1 Å². The van der Waals surface area contributed by atoms with Crippen LogP contribution >= 0.6 is 11.8 Å². The van der Waals surface area contributed by atoms with Crippen LogP contribution in [0.2, 0.25) is 0 Å². The Morgan fingerprint density at radius 1 is 1.21 bits per heavy atom. The number of amides is 2. The summed E-state index contributed by atoms with van der Waals surface area (Å²) in [5, 5.41) is 11.7. The molecule has 1 saturated heterocycles. The zero-order chi connectivity index (χ0) is 20.1. The van der Waals surface area contributed by atoms with Crippen molar-refractivity contribution in [2.45, 2.75) is 19.9 Å². The van der Waals surface area contributed by atoms with Crippen molar-refractivity contribution < 1.29 is 14.3 Å². The van der Waals surface area contributed by atoms with Crippen molar-refractivity contribution >= 4 is 29.3 Å². The van der Waals surface area contributed by atoms with E-state index in [0.29, 0.717) is 28.6 Å². The van der Waals surface area contributed by atoms with Gasteiger partial charge in [0, 0.05) is 11.4 Å². The molecule has 7 heteroatoms. The summed E-state index contributed by atoms with van der Waals surface area (Å²) in [5.74, 6) is 1.18. The van der Waals surface area contributed by atoms with E-state index < -0.39 is 6.04 Å². The first-order valence-electron chi connectivity index (χ1n) is 8.86. The topological polar surface area (TPSA) is 82.4 Å². The Morgan fingerprint density at radius 3 is 2.64 bits per heavy atom. The van der Waals surface area contributed by atoms with Crippen LogP contribution in [0.1, 0.15) is 16.7 Å². The van der Waals surface area contributed by atoms with Gasteiger partial charge in [-0.05, 0) is 61.4 Å². The average molecular weight is 395 g/mol. The molecule has 0 radical (unpaired) electrons. The van der Waals surface area contributed by atoms with Crippen LogP contribution in [0, 0.1) is 25.2 Å². The van der Waals surface area contributed by atoms with Crippen molar-refractivity contribution in [1.82, 2.24) is 4.90 Å². The number of hydrogen-bond donors (Lipinski definition) is 1. The van der Waals surface area contributed by atoms with Gasteiger partial charge in [0.15, 0.2) is 6.61 Å². The Balaban J connectivity index is 1.59. The molecule has 1 atom stereocenters. The van der Waals surface area contributed by atoms with E-state index in [1.165, 1.54) is 11.8 Å². The first-order chi connectivity index (χ1) is 13.5. The minimum atomic E-state index is -0.545. The quantitative estimate of drug-likeness (QED) is 0.841. The lowest BCUT2D eigenvalue weighted by atomic mass is 10.1. The van der Waals surface area contributed by atoms with Crippen molar-refractivity contribution in [2.75, 3.05) is 23.6 Å². The number of aryl methyl sites for hydroxylation is 2. The van der Waals surface area contributed by atoms with Gasteiger partial charge in [0.2, 0.25) is 5.91 Å². The third-order valence-electron chi connectivity index (χ3n) is 4.63. The predicted molar refractivity (Wildman–Crippen MR) is 109 cm³/mol. The predicted octanol–water partition coefficient (Wildman–Crippen LogP) is 3.09. The molecule has 1 aliphatic heterocycles. The fourth-order valence-electron chi connectivity index (χ4n) is 2.79. The van der Waals surface area contributed by atoms with Crippen LogP contribution < -0.4 is 10.1 Å². The van der Waals surface area contributed by atoms with Gasteiger partial charge in [0.25, 0.3) is 5.91 Å². The molecule has 0 saturated carbocycles. The van der Waals surface area contributed by atoms with E-state index in [2.05, 4.69) is 5.32 Å². The Labute approximate surface area is 168 Å². The fourth-order valence-corrected chi connectivity index (χ4v) is 3.97. The van der Waals surface area contributed by atoms with Crippen LogP contribution in [0.3, 0.4) is 0 Å². The van der Waals surface area contributed by atoms with Crippen molar-refractivity contribution in [1.29, 1.82) is 5.26 Å². The summed E-state index contributed by atoms with van der Waals surface area (Å²) in [7, 11) is 0. The number of anilines is 1. The van der Waals surface area contributed by atoms with E-state index in [0.717, 1.165) is 11.1 Å². The van der Waals surface area contributed by atoms with Gasteiger partial charge in [-0.2, -0.15) is 5.26 Å². The maximum absolute atomic E-state index is 12.6. The number of thioether (sulfide) groups is 1. The Kier molecular flexibility index (Phi) is 6.22. The van der Waals surface area contributed by atoms with Crippen molar-refractivity contribution in [2.24, 2.45) is 0 Å². The van der Waals surface area contributed by atoms with Crippen LogP contribution in [0.4, 0.5) is 5.69 Å². The number of benzene rings is 2. The number of carbonyl (C=O) groups is 2. The lowest BCUT2D eigenvalue weighted by molar-refractivity contribution is -0.137. The molecule has 0 spiro atoms. The molecule has 1 unspecified atom stereocenters. The van der Waals surface area contributed by atoms with E-state index in [-0.39, 0.29) is 18.4 Å². The number of ether oxygens (including phenoxy) is 1. The van der Waals surface area contributed by atoms with Crippen LogP contribution in [0.5, 0.6) is 5.75 Å². The van der Waals surface area contributed by atoms with Gasteiger partial charge in [-0.1, -0.05) is 6.07 Å². The summed E-state index contributed by atoms with van der Waals surface area (Å²) in [5.41, 5.74) is 3.38. The molecule has 0 bridgehead atoms. The lowest BCUT2D eigenvalue weighted by Gasteiger charge is -2.23. The van der Waals surface area contributed by atoms with Crippen molar-refractivity contribution in [3.8, 4) is 11.8 Å². The summed E-state index contributed by atoms with van der Waals surface area (Å²) in [6.45, 7) is 3.90. The number of nitrogens with one attached hydrogen (secondary N) is 1. The first kappa shape index (κ1) is 19.8. The van der Waals surface area contributed by atoms with Gasteiger partial charge in [0.05, 0.1) is 17.5 Å². The average Bonchev–Trinajstić information content (AvgIpc) is 3.19. The lowest BCUT2D eigenvalue weighted by Crippen LogP contribution is -2.46. The highest BCUT2D eigenvalue weighted by Gasteiger charge is 2.34. The summed E-state index contributed by atoms with van der Waals surface area (Å²) in [4.78, 5) is 26.8. The highest BCUT2D eigenvalue weighted by Crippen LogP contribution is 2.23. The van der Waals surface area contributed by atoms with E-state index in [4.69, 9.17) is 10.00 Å². The number of carbonyl (C=O) groups excluding carboxylic acids is 2. The summed E-state index contributed by atoms with van der Waals surface area (Å²) >= 11 is 1.54. The second-order valence-electron chi connectivity index (χ2n) is 6.59. The molecule has 1 fully saturated rings. The summed E-state index contributed by atoms with van der Waals surface area (Å²) < 4.78 is 5.63. The highest BCUT2D eigenvalue weighted by atomic mass is 32.2. The molecule has 28 heavy (non-hydrogen) atoms. The monoisotopic (exact) mass is 395 g/mol. The Hall–Kier alpha value is -2.98. The van der Waals surface area contributed by atoms with Crippen LogP contribution in [0.15, 0.2) is 42.5 Å². The maximum atomic E-state index is 12.6. The third kappa shape index (κ3) is 4.65. The SMILES string of the molecule is Cc1ccc(OCC(=O)N2CSCC2C(=O)Nc2ccc(C#N)cc2)cc1C. The van der Waals surface area contributed by atoms with Crippen LogP contribution in [-0.4, -0.2) is 41.0 Å². The smallest absolute Gasteiger partial charge is 0.261 e. The molecule has 1 N–H and O–H groups in total. The first-order valence-corrected chi connectivity index (χ1v) is 10.0. The Bertz CT molecular complexity index is 921. The molecule has 2 aromatic rings.